The van der Waals surface area contributed by atoms with Gasteiger partial charge in [-0.2, -0.15) is 9.36 Å². The summed E-state index contributed by atoms with van der Waals surface area (Å²) in [5.74, 6) is 1.55. The molecule has 4 aliphatic heterocycles. The Labute approximate surface area is 175 Å². The predicted octanol–water partition coefficient (Wildman–Crippen LogP) is 1.21. The number of anilines is 2. The third kappa shape index (κ3) is 3.19. The quantitative estimate of drug-likeness (QED) is 0.690. The second-order valence-electron chi connectivity index (χ2n) is 8.85. The van der Waals surface area contributed by atoms with Gasteiger partial charge < -0.3 is 19.6 Å². The molecule has 0 spiro atoms. The second kappa shape index (κ2) is 7.27. The number of aromatic nitrogens is 2. The van der Waals surface area contributed by atoms with Crippen LogP contribution in [0.25, 0.3) is 0 Å². The van der Waals surface area contributed by atoms with Crippen LogP contribution in [0.2, 0.25) is 0 Å². The summed E-state index contributed by atoms with van der Waals surface area (Å²) < 4.78 is 4.46. The molecule has 1 aromatic rings. The van der Waals surface area contributed by atoms with E-state index in [9.17, 15) is 9.59 Å². The molecule has 0 N–H and O–H groups in total. The van der Waals surface area contributed by atoms with Crippen LogP contribution in [0.15, 0.2) is 12.2 Å². The van der Waals surface area contributed by atoms with Crippen molar-refractivity contribution in [1.82, 2.24) is 19.2 Å². The van der Waals surface area contributed by atoms with Crippen molar-refractivity contribution in [1.29, 1.82) is 0 Å². The van der Waals surface area contributed by atoms with Crippen LogP contribution < -0.4 is 9.80 Å². The number of fused-ring (bicyclic) bond motifs is 4. The van der Waals surface area contributed by atoms with E-state index in [0.717, 1.165) is 43.4 Å². The number of piperidine rings is 3. The van der Waals surface area contributed by atoms with Crippen molar-refractivity contribution in [2.24, 2.45) is 11.8 Å². The Morgan fingerprint density at radius 2 is 1.97 bits per heavy atom. The van der Waals surface area contributed by atoms with E-state index in [-0.39, 0.29) is 29.8 Å². The van der Waals surface area contributed by atoms with Crippen LogP contribution in [0.5, 0.6) is 0 Å². The maximum Gasteiger partial charge on any atom is 0.246 e. The molecule has 3 fully saturated rings. The number of hydrogen-bond donors (Lipinski definition) is 0. The van der Waals surface area contributed by atoms with Crippen LogP contribution in [-0.4, -0.2) is 83.3 Å². The van der Waals surface area contributed by atoms with Gasteiger partial charge in [-0.3, -0.25) is 9.59 Å². The Morgan fingerprint density at radius 3 is 2.69 bits per heavy atom. The molecule has 0 aromatic carbocycles. The molecule has 2 bridgehead atoms. The van der Waals surface area contributed by atoms with Crippen LogP contribution in [0.1, 0.15) is 25.7 Å². The average molecular weight is 417 g/mol. The smallest absolute Gasteiger partial charge is 0.246 e. The van der Waals surface area contributed by atoms with Gasteiger partial charge in [0.1, 0.15) is 6.04 Å². The lowest BCUT2D eigenvalue weighted by atomic mass is 9.71. The molecule has 5 rings (SSSR count). The zero-order valence-electron chi connectivity index (χ0n) is 17.0. The van der Waals surface area contributed by atoms with Crippen molar-refractivity contribution in [3.8, 4) is 0 Å². The highest BCUT2D eigenvalue weighted by molar-refractivity contribution is 7.09. The predicted molar refractivity (Wildman–Crippen MR) is 112 cm³/mol. The Balaban J connectivity index is 1.45. The van der Waals surface area contributed by atoms with E-state index >= 15 is 0 Å². The average Bonchev–Trinajstić information content (AvgIpc) is 3.41. The summed E-state index contributed by atoms with van der Waals surface area (Å²) in [5.41, 5.74) is 0. The van der Waals surface area contributed by atoms with E-state index in [1.165, 1.54) is 11.5 Å². The largest absolute Gasteiger partial charge is 0.346 e. The van der Waals surface area contributed by atoms with Gasteiger partial charge >= 0.3 is 0 Å². The molecule has 0 saturated carbocycles. The first-order valence-corrected chi connectivity index (χ1v) is 11.3. The fraction of sp³-hybridized carbons (Fsp3) is 0.700. The fourth-order valence-electron chi connectivity index (χ4n) is 5.49. The monoisotopic (exact) mass is 416 g/mol. The first kappa shape index (κ1) is 18.8. The molecule has 3 saturated heterocycles. The number of rotatable bonds is 3. The zero-order valence-corrected chi connectivity index (χ0v) is 17.8. The molecule has 9 heteroatoms. The summed E-state index contributed by atoms with van der Waals surface area (Å²) in [6.45, 7) is 2.96. The lowest BCUT2D eigenvalue weighted by Crippen LogP contribution is -2.68. The summed E-state index contributed by atoms with van der Waals surface area (Å²) in [4.78, 5) is 39.2. The molecule has 1 aromatic heterocycles. The molecule has 4 aliphatic rings. The third-order valence-corrected chi connectivity index (χ3v) is 7.57. The van der Waals surface area contributed by atoms with Gasteiger partial charge in [-0.15, -0.1) is 0 Å². The van der Waals surface area contributed by atoms with Crippen molar-refractivity contribution in [2.45, 2.75) is 37.8 Å². The lowest BCUT2D eigenvalue weighted by molar-refractivity contribution is -0.160. The van der Waals surface area contributed by atoms with E-state index in [4.69, 9.17) is 4.98 Å². The van der Waals surface area contributed by atoms with E-state index in [1.807, 2.05) is 40.9 Å². The summed E-state index contributed by atoms with van der Waals surface area (Å²) in [6, 6.07) is -0.172. The molecule has 0 unspecified atom stereocenters. The second-order valence-corrected chi connectivity index (χ2v) is 9.58. The van der Waals surface area contributed by atoms with Gasteiger partial charge in [0.25, 0.3) is 0 Å². The zero-order chi connectivity index (χ0) is 20.1. The SMILES string of the molecule is CN(C)c1nsc(N2C[C@@H]3C[C@H](C2)[C@H](C(=O)N2CC=CC2)N2C(=O)CCC[C@@H]32)n1. The summed E-state index contributed by atoms with van der Waals surface area (Å²) in [5, 5.41) is 0.924. The Hall–Kier alpha value is -2.16. The van der Waals surface area contributed by atoms with Crippen molar-refractivity contribution in [2.75, 3.05) is 50.1 Å². The molecule has 29 heavy (non-hydrogen) atoms. The highest BCUT2D eigenvalue weighted by Crippen LogP contribution is 2.43. The third-order valence-electron chi connectivity index (χ3n) is 6.80. The van der Waals surface area contributed by atoms with Gasteiger partial charge in [-0.25, -0.2) is 0 Å². The Morgan fingerprint density at radius 1 is 1.21 bits per heavy atom. The van der Waals surface area contributed by atoms with Crippen LogP contribution in [-0.2, 0) is 9.59 Å². The van der Waals surface area contributed by atoms with Gasteiger partial charge in [-0.05, 0) is 25.2 Å². The molecule has 156 valence electrons. The lowest BCUT2D eigenvalue weighted by Gasteiger charge is -2.56. The van der Waals surface area contributed by atoms with Crippen molar-refractivity contribution >= 4 is 34.4 Å². The molecule has 2 amide bonds. The molecule has 8 nitrogen and oxygen atoms in total. The highest BCUT2D eigenvalue weighted by Gasteiger charge is 2.53. The topological polar surface area (TPSA) is 72.9 Å². The van der Waals surface area contributed by atoms with Crippen LogP contribution in [0.4, 0.5) is 11.1 Å². The van der Waals surface area contributed by atoms with Gasteiger partial charge in [-0.1, -0.05) is 12.2 Å². The first-order valence-electron chi connectivity index (χ1n) is 10.5. The van der Waals surface area contributed by atoms with Crippen LogP contribution >= 0.6 is 11.5 Å². The summed E-state index contributed by atoms with van der Waals surface area (Å²) in [6.07, 6.45) is 7.59. The maximum atomic E-state index is 13.5. The minimum absolute atomic E-state index is 0.117. The first-order chi connectivity index (χ1) is 14.0. The van der Waals surface area contributed by atoms with Gasteiger partial charge in [0, 0.05) is 70.2 Å². The van der Waals surface area contributed by atoms with Crippen molar-refractivity contribution < 1.29 is 9.59 Å². The minimum Gasteiger partial charge on any atom is -0.346 e. The van der Waals surface area contributed by atoms with Gasteiger partial charge in [0.15, 0.2) is 0 Å². The highest BCUT2D eigenvalue weighted by atomic mass is 32.1. The normalized spacial score (nSPS) is 31.2. The van der Waals surface area contributed by atoms with E-state index in [0.29, 0.717) is 25.4 Å². The van der Waals surface area contributed by atoms with Crippen molar-refractivity contribution in [3.05, 3.63) is 12.2 Å². The van der Waals surface area contributed by atoms with Crippen molar-refractivity contribution in [3.63, 3.8) is 0 Å². The molecule has 0 radical (unpaired) electrons. The number of carbonyl (C=O) groups is 2. The van der Waals surface area contributed by atoms with Gasteiger partial charge in [0.05, 0.1) is 0 Å². The number of carbonyl (C=O) groups excluding carboxylic acids is 2. The van der Waals surface area contributed by atoms with E-state index in [1.54, 1.807) is 0 Å². The van der Waals surface area contributed by atoms with Crippen LogP contribution in [0, 0.1) is 11.8 Å². The Kier molecular flexibility index (Phi) is 4.72. The Bertz CT molecular complexity index is 831. The molecular formula is C20H28N6O2S. The molecule has 4 atom stereocenters. The molecule has 0 aliphatic carbocycles. The minimum atomic E-state index is -0.340. The number of nitrogens with zero attached hydrogens (tertiary/aromatic N) is 6. The van der Waals surface area contributed by atoms with E-state index in [2.05, 4.69) is 9.27 Å². The molecule has 5 heterocycles. The van der Waals surface area contributed by atoms with Gasteiger partial charge in [0.2, 0.25) is 22.9 Å². The summed E-state index contributed by atoms with van der Waals surface area (Å²) in [7, 11) is 3.89. The van der Waals surface area contributed by atoms with Crippen LogP contribution in [0.3, 0.4) is 0 Å². The van der Waals surface area contributed by atoms with E-state index < -0.39 is 0 Å². The standard InChI is InChI=1S/C20H28N6O2S/c1-23(2)19-21-20(29-22-19)25-11-13-10-14(12-25)17(18(28)24-8-3-4-9-24)26-15(13)6-5-7-16(26)27/h3-4,13-15,17H,5-12H2,1-2H3/t13-,14+,15-,17+/m0/s1. The summed E-state index contributed by atoms with van der Waals surface area (Å²) >= 11 is 1.43. The maximum absolute atomic E-state index is 13.5. The number of amides is 2. The fourth-order valence-corrected chi connectivity index (χ4v) is 6.25. The number of hydrogen-bond acceptors (Lipinski definition) is 7. The molecular weight excluding hydrogens is 388 g/mol.